The number of ketones is 1. The van der Waals surface area contributed by atoms with Gasteiger partial charge in [-0.15, -0.1) is 0 Å². The van der Waals surface area contributed by atoms with Crippen molar-refractivity contribution < 1.29 is 17.9 Å². The molecule has 2 heterocycles. The Kier molecular flexibility index (Phi) is 7.11. The zero-order valence-corrected chi connectivity index (χ0v) is 18.5. The Morgan fingerprint density at radius 3 is 2.45 bits per heavy atom. The summed E-state index contributed by atoms with van der Waals surface area (Å²) < 4.78 is 35.2. The van der Waals surface area contributed by atoms with Crippen LogP contribution in [0.25, 0.3) is 0 Å². The lowest BCUT2D eigenvalue weighted by Gasteiger charge is -2.41. The number of carbonyl (C=O) groups is 1. The SMILES string of the molecule is CC(=O)c1ccc(S(=O)(=O)N2C(CCCCN(C)C)COC23CCNCC3)cc1. The lowest BCUT2D eigenvalue weighted by molar-refractivity contribution is -0.0715. The maximum Gasteiger partial charge on any atom is 0.245 e. The van der Waals surface area contributed by atoms with Crippen molar-refractivity contribution in [2.75, 3.05) is 40.3 Å². The molecule has 0 aromatic heterocycles. The van der Waals surface area contributed by atoms with E-state index in [0.29, 0.717) is 25.0 Å². The van der Waals surface area contributed by atoms with Crippen molar-refractivity contribution in [1.82, 2.24) is 14.5 Å². The highest BCUT2D eigenvalue weighted by molar-refractivity contribution is 7.89. The van der Waals surface area contributed by atoms with Crippen molar-refractivity contribution >= 4 is 15.8 Å². The second-order valence-electron chi connectivity index (χ2n) is 8.34. The average Bonchev–Trinajstić information content (AvgIpc) is 3.04. The fourth-order valence-electron chi connectivity index (χ4n) is 4.30. The molecule has 7 nitrogen and oxygen atoms in total. The fourth-order valence-corrected chi connectivity index (χ4v) is 6.24. The molecule has 2 fully saturated rings. The Bertz CT molecular complexity index is 802. The van der Waals surface area contributed by atoms with E-state index in [-0.39, 0.29) is 16.7 Å². The molecule has 3 rings (SSSR count). The van der Waals surface area contributed by atoms with Crippen LogP contribution in [0, 0.1) is 0 Å². The third-order valence-electron chi connectivity index (χ3n) is 5.87. The number of sulfonamides is 1. The number of Topliss-reactive ketones (excluding diaryl/α,β-unsaturated/α-hetero) is 1. The predicted molar refractivity (Wildman–Crippen MR) is 112 cm³/mol. The van der Waals surface area contributed by atoms with E-state index in [1.165, 1.54) is 6.92 Å². The number of rotatable bonds is 8. The zero-order chi connectivity index (χ0) is 21.1. The van der Waals surface area contributed by atoms with E-state index in [4.69, 9.17) is 4.74 Å². The van der Waals surface area contributed by atoms with Gasteiger partial charge in [0.25, 0.3) is 0 Å². The normalized spacial score (nSPS) is 22.4. The van der Waals surface area contributed by atoms with Crippen LogP contribution in [0.1, 0.15) is 49.4 Å². The number of carbonyl (C=O) groups excluding carboxylic acids is 1. The number of hydrogen-bond acceptors (Lipinski definition) is 6. The molecule has 8 heteroatoms. The van der Waals surface area contributed by atoms with Crippen LogP contribution in [0.2, 0.25) is 0 Å². The lowest BCUT2D eigenvalue weighted by atomic mass is 10.0. The van der Waals surface area contributed by atoms with E-state index in [0.717, 1.165) is 38.9 Å². The number of nitrogens with one attached hydrogen (secondary N) is 1. The fraction of sp³-hybridized carbons (Fsp3) is 0.667. The van der Waals surface area contributed by atoms with Gasteiger partial charge in [-0.2, -0.15) is 4.31 Å². The first-order chi connectivity index (χ1) is 13.8. The highest BCUT2D eigenvalue weighted by Crippen LogP contribution is 2.41. The second-order valence-corrected chi connectivity index (χ2v) is 10.2. The summed E-state index contributed by atoms with van der Waals surface area (Å²) in [6.45, 7) is 4.38. The smallest absolute Gasteiger partial charge is 0.245 e. The molecule has 1 unspecified atom stereocenters. The molecular formula is C21H33N3O4S. The Hall–Kier alpha value is -1.32. The van der Waals surface area contributed by atoms with Gasteiger partial charge in [0.1, 0.15) is 5.72 Å². The van der Waals surface area contributed by atoms with Gasteiger partial charge in [-0.3, -0.25) is 4.79 Å². The number of unbranched alkanes of at least 4 members (excludes halogenated alkanes) is 1. The molecule has 1 spiro atoms. The molecule has 0 radical (unpaired) electrons. The van der Waals surface area contributed by atoms with Crippen molar-refractivity contribution in [3.63, 3.8) is 0 Å². The summed E-state index contributed by atoms with van der Waals surface area (Å²) in [5.74, 6) is -0.0768. The molecule has 162 valence electrons. The van der Waals surface area contributed by atoms with Gasteiger partial charge in [-0.25, -0.2) is 8.42 Å². The molecule has 2 aliphatic heterocycles. The highest BCUT2D eigenvalue weighted by atomic mass is 32.2. The minimum Gasteiger partial charge on any atom is -0.358 e. The van der Waals surface area contributed by atoms with Gasteiger partial charge in [-0.1, -0.05) is 18.6 Å². The van der Waals surface area contributed by atoms with Crippen molar-refractivity contribution in [3.8, 4) is 0 Å². The Labute approximate surface area is 174 Å². The summed E-state index contributed by atoms with van der Waals surface area (Å²) in [6.07, 6.45) is 4.06. The maximum absolute atomic E-state index is 13.7. The molecule has 2 saturated heterocycles. The van der Waals surface area contributed by atoms with Gasteiger partial charge in [0.15, 0.2) is 5.78 Å². The van der Waals surface area contributed by atoms with Gasteiger partial charge in [0.2, 0.25) is 10.0 Å². The number of piperidine rings is 1. The molecule has 0 saturated carbocycles. The molecule has 1 aromatic carbocycles. The summed E-state index contributed by atoms with van der Waals surface area (Å²) in [6, 6.07) is 6.11. The molecule has 2 aliphatic rings. The predicted octanol–water partition coefficient (Wildman–Crippen LogP) is 2.09. The molecule has 1 atom stereocenters. The molecular weight excluding hydrogens is 390 g/mol. The van der Waals surface area contributed by atoms with Crippen LogP contribution in [-0.4, -0.2) is 75.5 Å². The van der Waals surface area contributed by atoms with Crippen LogP contribution in [0.4, 0.5) is 0 Å². The van der Waals surface area contributed by atoms with Crippen molar-refractivity contribution in [2.24, 2.45) is 0 Å². The molecule has 0 aliphatic carbocycles. The van der Waals surface area contributed by atoms with E-state index < -0.39 is 15.7 Å². The Morgan fingerprint density at radius 1 is 1.21 bits per heavy atom. The average molecular weight is 424 g/mol. The van der Waals surface area contributed by atoms with Crippen LogP contribution in [0.15, 0.2) is 29.2 Å². The minimum absolute atomic E-state index is 0.0768. The maximum atomic E-state index is 13.7. The van der Waals surface area contributed by atoms with Gasteiger partial charge in [0.05, 0.1) is 17.5 Å². The van der Waals surface area contributed by atoms with E-state index >= 15 is 0 Å². The first-order valence-electron chi connectivity index (χ1n) is 10.4. The molecule has 29 heavy (non-hydrogen) atoms. The summed E-state index contributed by atoms with van der Waals surface area (Å²) in [5.41, 5.74) is -0.256. The van der Waals surface area contributed by atoms with Crippen molar-refractivity contribution in [3.05, 3.63) is 29.8 Å². The molecule has 1 aromatic rings. The third-order valence-corrected chi connectivity index (χ3v) is 7.89. The van der Waals surface area contributed by atoms with E-state index in [9.17, 15) is 13.2 Å². The molecule has 0 bridgehead atoms. The van der Waals surface area contributed by atoms with Gasteiger partial charge in [0, 0.05) is 18.4 Å². The first-order valence-corrected chi connectivity index (χ1v) is 11.9. The Balaban J connectivity index is 1.86. The third kappa shape index (κ3) is 4.88. The minimum atomic E-state index is -3.73. The number of benzene rings is 1. The van der Waals surface area contributed by atoms with E-state index in [1.54, 1.807) is 28.6 Å². The van der Waals surface area contributed by atoms with E-state index in [2.05, 4.69) is 10.2 Å². The van der Waals surface area contributed by atoms with E-state index in [1.807, 2.05) is 14.1 Å². The lowest BCUT2D eigenvalue weighted by Crippen LogP contribution is -2.56. The Morgan fingerprint density at radius 2 is 1.86 bits per heavy atom. The number of ether oxygens (including phenoxy) is 1. The van der Waals surface area contributed by atoms with Gasteiger partial charge < -0.3 is 15.0 Å². The highest BCUT2D eigenvalue weighted by Gasteiger charge is 2.53. The van der Waals surface area contributed by atoms with Gasteiger partial charge in [-0.05, 0) is 65.6 Å². The summed E-state index contributed by atoms with van der Waals surface area (Å²) in [4.78, 5) is 13.9. The molecule has 1 N–H and O–H groups in total. The quantitative estimate of drug-likeness (QED) is 0.510. The number of hydrogen-bond donors (Lipinski definition) is 1. The van der Waals surface area contributed by atoms with Crippen LogP contribution >= 0.6 is 0 Å². The standard InChI is InChI=1S/C21H33N3O4S/c1-17(25)18-7-9-20(10-8-18)29(26,27)24-19(6-4-5-15-23(2)3)16-28-21(24)11-13-22-14-12-21/h7-10,19,22H,4-6,11-16H2,1-3H3. The monoisotopic (exact) mass is 423 g/mol. The second kappa shape index (κ2) is 9.22. The molecule has 0 amide bonds. The largest absolute Gasteiger partial charge is 0.358 e. The van der Waals surface area contributed by atoms with Crippen molar-refractivity contribution in [2.45, 2.75) is 55.7 Å². The summed E-state index contributed by atoms with van der Waals surface area (Å²) in [7, 11) is 0.359. The van der Waals surface area contributed by atoms with Crippen LogP contribution in [0.3, 0.4) is 0 Å². The summed E-state index contributed by atoms with van der Waals surface area (Å²) in [5, 5.41) is 3.30. The van der Waals surface area contributed by atoms with Crippen LogP contribution in [0.5, 0.6) is 0 Å². The first kappa shape index (κ1) is 22.4. The van der Waals surface area contributed by atoms with Crippen molar-refractivity contribution in [1.29, 1.82) is 0 Å². The number of nitrogens with zero attached hydrogens (tertiary/aromatic N) is 2. The topological polar surface area (TPSA) is 79.0 Å². The van der Waals surface area contributed by atoms with Crippen LogP contribution in [-0.2, 0) is 14.8 Å². The summed E-state index contributed by atoms with van der Waals surface area (Å²) >= 11 is 0. The van der Waals surface area contributed by atoms with Gasteiger partial charge >= 0.3 is 0 Å². The van der Waals surface area contributed by atoms with Crippen LogP contribution < -0.4 is 5.32 Å². The zero-order valence-electron chi connectivity index (χ0n) is 17.7.